The molecule has 0 aromatic heterocycles. The quantitative estimate of drug-likeness (QED) is 0.831. The molecule has 0 saturated heterocycles. The Kier molecular flexibility index (Phi) is 5.45. The van der Waals surface area contributed by atoms with E-state index in [0.717, 1.165) is 4.90 Å². The third kappa shape index (κ3) is 4.88. The molecule has 0 heterocycles. The fraction of sp³-hybridized carbons (Fsp3) is 0.250. The average Bonchev–Trinajstić information content (AvgIpc) is 2.47. The molecule has 0 amide bonds. The van der Waals surface area contributed by atoms with Gasteiger partial charge < -0.3 is 5.11 Å². The summed E-state index contributed by atoms with van der Waals surface area (Å²) in [6, 6.07) is 16.2. The van der Waals surface area contributed by atoms with Crippen molar-refractivity contribution in [2.24, 2.45) is 0 Å². The largest absolute Gasteiger partial charge is 0.391 e. The van der Waals surface area contributed by atoms with E-state index in [2.05, 4.69) is 0 Å². The molecule has 0 aliphatic carbocycles. The van der Waals surface area contributed by atoms with Crippen LogP contribution < -0.4 is 0 Å². The highest BCUT2D eigenvalue weighted by molar-refractivity contribution is 7.99. The molecule has 0 radical (unpaired) electrons. The molecule has 0 spiro atoms. The van der Waals surface area contributed by atoms with Crippen LogP contribution in [0, 0.1) is 6.92 Å². The Morgan fingerprint density at radius 2 is 1.67 bits per heavy atom. The van der Waals surface area contributed by atoms with Crippen molar-refractivity contribution in [2.75, 3.05) is 11.5 Å². The van der Waals surface area contributed by atoms with Crippen LogP contribution in [0.4, 0.5) is 0 Å². The molecular formula is C16H18O3S2. The number of benzene rings is 2. The van der Waals surface area contributed by atoms with Crippen LogP contribution in [0.1, 0.15) is 5.56 Å². The summed E-state index contributed by atoms with van der Waals surface area (Å²) < 4.78 is 24.3. The zero-order valence-corrected chi connectivity index (χ0v) is 13.4. The molecule has 0 aliphatic heterocycles. The zero-order valence-electron chi connectivity index (χ0n) is 11.8. The minimum Gasteiger partial charge on any atom is -0.391 e. The van der Waals surface area contributed by atoms with Crippen molar-refractivity contribution in [3.63, 3.8) is 0 Å². The van der Waals surface area contributed by atoms with Gasteiger partial charge in [0, 0.05) is 10.6 Å². The number of aliphatic hydroxyl groups excluding tert-OH is 1. The van der Waals surface area contributed by atoms with Crippen LogP contribution in [0.3, 0.4) is 0 Å². The molecule has 3 nitrogen and oxygen atoms in total. The lowest BCUT2D eigenvalue weighted by molar-refractivity contribution is 0.222. The Hall–Kier alpha value is -1.30. The van der Waals surface area contributed by atoms with Crippen molar-refractivity contribution >= 4 is 21.6 Å². The van der Waals surface area contributed by atoms with Gasteiger partial charge in [-0.05, 0) is 31.2 Å². The summed E-state index contributed by atoms with van der Waals surface area (Å²) in [6.45, 7) is 2.01. The van der Waals surface area contributed by atoms with Gasteiger partial charge in [0.25, 0.3) is 0 Å². The van der Waals surface area contributed by atoms with Crippen molar-refractivity contribution in [3.8, 4) is 0 Å². The second kappa shape index (κ2) is 7.11. The molecule has 5 heteroatoms. The highest BCUT2D eigenvalue weighted by Gasteiger charge is 2.19. The van der Waals surface area contributed by atoms with Gasteiger partial charge in [-0.2, -0.15) is 0 Å². The highest BCUT2D eigenvalue weighted by Crippen LogP contribution is 2.20. The molecule has 0 bridgehead atoms. The van der Waals surface area contributed by atoms with E-state index in [1.165, 1.54) is 17.3 Å². The summed E-state index contributed by atoms with van der Waals surface area (Å²) >= 11 is 1.46. The minimum absolute atomic E-state index is 0.254. The molecule has 2 aromatic carbocycles. The molecule has 112 valence electrons. The topological polar surface area (TPSA) is 54.4 Å². The van der Waals surface area contributed by atoms with Gasteiger partial charge in [0.05, 0.1) is 16.8 Å². The van der Waals surface area contributed by atoms with Crippen molar-refractivity contribution in [3.05, 3.63) is 60.2 Å². The van der Waals surface area contributed by atoms with E-state index < -0.39 is 15.9 Å². The van der Waals surface area contributed by atoms with Crippen LogP contribution >= 0.6 is 11.8 Å². The average molecular weight is 322 g/mol. The predicted octanol–water partition coefficient (Wildman–Crippen LogP) is 2.92. The van der Waals surface area contributed by atoms with Gasteiger partial charge in [-0.15, -0.1) is 11.8 Å². The molecule has 1 unspecified atom stereocenters. The van der Waals surface area contributed by atoms with Crippen molar-refractivity contribution in [2.45, 2.75) is 22.8 Å². The fourth-order valence-electron chi connectivity index (χ4n) is 1.85. The van der Waals surface area contributed by atoms with Crippen LogP contribution in [0.2, 0.25) is 0 Å². The maximum Gasteiger partial charge on any atom is 0.180 e. The molecule has 2 aromatic rings. The second-order valence-corrected chi connectivity index (χ2v) is 8.00. The third-order valence-corrected chi connectivity index (χ3v) is 5.95. The van der Waals surface area contributed by atoms with Crippen LogP contribution in [0.25, 0.3) is 0 Å². The maximum atomic E-state index is 12.1. The van der Waals surface area contributed by atoms with Gasteiger partial charge in [0.1, 0.15) is 0 Å². The molecule has 1 atom stereocenters. The number of thioether (sulfide) groups is 1. The van der Waals surface area contributed by atoms with E-state index in [4.69, 9.17) is 0 Å². The van der Waals surface area contributed by atoms with E-state index >= 15 is 0 Å². The molecule has 1 N–H and O–H groups in total. The lowest BCUT2D eigenvalue weighted by atomic mass is 10.2. The highest BCUT2D eigenvalue weighted by atomic mass is 32.2. The minimum atomic E-state index is -3.43. The van der Waals surface area contributed by atoms with Gasteiger partial charge >= 0.3 is 0 Å². The first-order valence-corrected chi connectivity index (χ1v) is 9.26. The Balaban J connectivity index is 1.92. The zero-order chi connectivity index (χ0) is 15.3. The van der Waals surface area contributed by atoms with Gasteiger partial charge in [0.15, 0.2) is 9.84 Å². The van der Waals surface area contributed by atoms with Gasteiger partial charge in [-0.3, -0.25) is 0 Å². The van der Waals surface area contributed by atoms with Crippen molar-refractivity contribution in [1.29, 1.82) is 0 Å². The number of hydrogen-bond donors (Lipinski definition) is 1. The summed E-state index contributed by atoms with van der Waals surface area (Å²) in [5.74, 6) is 0.102. The maximum absolute atomic E-state index is 12.1. The Morgan fingerprint density at radius 1 is 1.05 bits per heavy atom. The molecule has 0 aliphatic rings. The molecule has 0 saturated carbocycles. The van der Waals surface area contributed by atoms with Gasteiger partial charge in [-0.1, -0.05) is 35.9 Å². The van der Waals surface area contributed by atoms with Crippen molar-refractivity contribution in [1.82, 2.24) is 0 Å². The standard InChI is InChI=1S/C16H18O3S2/c1-13-7-9-15(10-8-13)20-11-14(17)12-21(18,19)16-5-3-2-4-6-16/h2-10,14,17H,11-12H2,1H3. The molecular weight excluding hydrogens is 304 g/mol. The Morgan fingerprint density at radius 3 is 2.29 bits per heavy atom. The van der Waals surface area contributed by atoms with Crippen LogP contribution in [0.5, 0.6) is 0 Å². The lowest BCUT2D eigenvalue weighted by Crippen LogP contribution is -2.23. The Labute approximate surface area is 129 Å². The fourth-order valence-corrected chi connectivity index (χ4v) is 4.22. The molecule has 2 rings (SSSR count). The molecule has 21 heavy (non-hydrogen) atoms. The number of sulfone groups is 1. The molecule has 0 fully saturated rings. The number of hydrogen-bond acceptors (Lipinski definition) is 4. The van der Waals surface area contributed by atoms with E-state index in [9.17, 15) is 13.5 Å². The van der Waals surface area contributed by atoms with Gasteiger partial charge in [0.2, 0.25) is 0 Å². The third-order valence-electron chi connectivity index (χ3n) is 2.98. The summed E-state index contributed by atoms with van der Waals surface area (Å²) in [5, 5.41) is 9.96. The van der Waals surface area contributed by atoms with E-state index in [0.29, 0.717) is 5.75 Å². The number of rotatable bonds is 6. The van der Waals surface area contributed by atoms with Crippen molar-refractivity contribution < 1.29 is 13.5 Å². The number of aliphatic hydroxyl groups is 1. The monoisotopic (exact) mass is 322 g/mol. The van der Waals surface area contributed by atoms with E-state index in [-0.39, 0.29) is 10.6 Å². The van der Waals surface area contributed by atoms with Crippen LogP contribution in [0.15, 0.2) is 64.4 Å². The second-order valence-electron chi connectivity index (χ2n) is 4.87. The first-order chi connectivity index (χ1) is 9.97. The summed E-state index contributed by atoms with van der Waals surface area (Å²) in [7, 11) is -3.43. The summed E-state index contributed by atoms with van der Waals surface area (Å²) in [6.07, 6.45) is -0.887. The predicted molar refractivity (Wildman–Crippen MR) is 86.4 cm³/mol. The summed E-state index contributed by atoms with van der Waals surface area (Å²) in [4.78, 5) is 1.28. The first-order valence-electron chi connectivity index (χ1n) is 6.63. The van der Waals surface area contributed by atoms with Gasteiger partial charge in [-0.25, -0.2) is 8.42 Å². The smallest absolute Gasteiger partial charge is 0.180 e. The van der Waals surface area contributed by atoms with Crippen LogP contribution in [-0.2, 0) is 9.84 Å². The lowest BCUT2D eigenvalue weighted by Gasteiger charge is -2.11. The van der Waals surface area contributed by atoms with Crippen LogP contribution in [-0.4, -0.2) is 31.1 Å². The number of aryl methyl sites for hydroxylation is 1. The van der Waals surface area contributed by atoms with E-state index in [1.54, 1.807) is 30.3 Å². The normalized spacial score (nSPS) is 13.0. The first kappa shape index (κ1) is 16.1. The Bertz CT molecular complexity index is 664. The SMILES string of the molecule is Cc1ccc(SCC(O)CS(=O)(=O)c2ccccc2)cc1. The summed E-state index contributed by atoms with van der Waals surface area (Å²) in [5.41, 5.74) is 1.17. The van der Waals surface area contributed by atoms with E-state index in [1.807, 2.05) is 31.2 Å².